The average Bonchev–Trinajstić information content (AvgIpc) is 3.29. The third-order valence-electron chi connectivity index (χ3n) is 3.51. The number of likely N-dealkylation sites (N-methyl/N-ethyl adjacent to an activating group) is 1. The van der Waals surface area contributed by atoms with Crippen LogP contribution in [-0.4, -0.2) is 54.2 Å². The molecule has 0 atom stereocenters. The molecule has 1 saturated carbocycles. The summed E-state index contributed by atoms with van der Waals surface area (Å²) in [6.07, 6.45) is 4.24. The third kappa shape index (κ3) is 3.72. The standard InChI is InChI=1S/C14H25N5O/c1-4-15-13-12(20-3)14(18-10-17-13)16-8-9-19(5-2)11-6-7-11/h10-11H,4-9H2,1-3H3,(H2,15,16,17,18). The second kappa shape index (κ2) is 7.28. The summed E-state index contributed by atoms with van der Waals surface area (Å²) in [6.45, 7) is 8.05. The molecule has 1 aromatic rings. The zero-order valence-electron chi connectivity index (χ0n) is 12.6. The smallest absolute Gasteiger partial charge is 0.204 e. The molecule has 0 spiro atoms. The third-order valence-corrected chi connectivity index (χ3v) is 3.51. The fraction of sp³-hybridized carbons (Fsp3) is 0.714. The number of aromatic nitrogens is 2. The minimum atomic E-state index is 0.684. The Morgan fingerprint density at radius 1 is 1.25 bits per heavy atom. The highest BCUT2D eigenvalue weighted by Gasteiger charge is 2.27. The maximum atomic E-state index is 5.41. The lowest BCUT2D eigenvalue weighted by Crippen LogP contribution is -2.31. The molecule has 1 heterocycles. The van der Waals surface area contributed by atoms with Crippen molar-refractivity contribution in [3.63, 3.8) is 0 Å². The van der Waals surface area contributed by atoms with Crippen molar-refractivity contribution in [1.82, 2.24) is 14.9 Å². The molecule has 0 amide bonds. The first kappa shape index (κ1) is 14.8. The fourth-order valence-corrected chi connectivity index (χ4v) is 2.34. The molecule has 6 nitrogen and oxygen atoms in total. The minimum absolute atomic E-state index is 0.684. The van der Waals surface area contributed by atoms with Gasteiger partial charge in [-0.25, -0.2) is 9.97 Å². The van der Waals surface area contributed by atoms with Gasteiger partial charge in [0, 0.05) is 25.7 Å². The monoisotopic (exact) mass is 279 g/mol. The molecular weight excluding hydrogens is 254 g/mol. The Kier molecular flexibility index (Phi) is 5.40. The molecule has 1 aromatic heterocycles. The largest absolute Gasteiger partial charge is 0.490 e. The number of methoxy groups -OCH3 is 1. The second-order valence-electron chi connectivity index (χ2n) is 4.92. The van der Waals surface area contributed by atoms with Crippen LogP contribution in [0.3, 0.4) is 0 Å². The summed E-state index contributed by atoms with van der Waals surface area (Å²) in [5.74, 6) is 2.18. The van der Waals surface area contributed by atoms with Crippen LogP contribution in [0, 0.1) is 0 Å². The molecule has 2 N–H and O–H groups in total. The minimum Gasteiger partial charge on any atom is -0.490 e. The Morgan fingerprint density at radius 2 is 1.95 bits per heavy atom. The van der Waals surface area contributed by atoms with Crippen molar-refractivity contribution in [2.45, 2.75) is 32.7 Å². The lowest BCUT2D eigenvalue weighted by Gasteiger charge is -2.20. The molecule has 20 heavy (non-hydrogen) atoms. The maximum absolute atomic E-state index is 5.41. The van der Waals surface area contributed by atoms with Crippen molar-refractivity contribution < 1.29 is 4.74 Å². The van der Waals surface area contributed by atoms with Gasteiger partial charge in [-0.1, -0.05) is 6.92 Å². The van der Waals surface area contributed by atoms with E-state index in [9.17, 15) is 0 Å². The number of hydrogen-bond acceptors (Lipinski definition) is 6. The molecule has 1 aliphatic rings. The lowest BCUT2D eigenvalue weighted by molar-refractivity contribution is 0.288. The van der Waals surface area contributed by atoms with Gasteiger partial charge in [0.1, 0.15) is 6.33 Å². The summed E-state index contributed by atoms with van der Waals surface area (Å²) in [7, 11) is 1.65. The number of anilines is 2. The molecule has 0 aromatic carbocycles. The molecule has 0 saturated heterocycles. The average molecular weight is 279 g/mol. The first-order valence-corrected chi connectivity index (χ1v) is 7.40. The predicted octanol–water partition coefficient (Wildman–Crippen LogP) is 1.81. The van der Waals surface area contributed by atoms with Crippen LogP contribution in [-0.2, 0) is 0 Å². The maximum Gasteiger partial charge on any atom is 0.204 e. The Labute approximate surface area is 120 Å². The molecular formula is C14H25N5O. The van der Waals surface area contributed by atoms with Gasteiger partial charge in [0.15, 0.2) is 11.6 Å². The van der Waals surface area contributed by atoms with Gasteiger partial charge >= 0.3 is 0 Å². The van der Waals surface area contributed by atoms with Crippen molar-refractivity contribution >= 4 is 11.6 Å². The predicted molar refractivity (Wildman–Crippen MR) is 81.5 cm³/mol. The van der Waals surface area contributed by atoms with Crippen molar-refractivity contribution in [3.05, 3.63) is 6.33 Å². The molecule has 112 valence electrons. The van der Waals surface area contributed by atoms with Crippen LogP contribution < -0.4 is 15.4 Å². The number of hydrogen-bond donors (Lipinski definition) is 2. The molecule has 2 rings (SSSR count). The normalized spacial score (nSPS) is 14.4. The Morgan fingerprint density at radius 3 is 2.50 bits per heavy atom. The number of ether oxygens (including phenoxy) is 1. The number of nitrogens with zero attached hydrogens (tertiary/aromatic N) is 3. The zero-order chi connectivity index (χ0) is 14.4. The summed E-state index contributed by atoms with van der Waals surface area (Å²) >= 11 is 0. The van der Waals surface area contributed by atoms with Gasteiger partial charge in [0.05, 0.1) is 7.11 Å². The number of nitrogens with one attached hydrogen (secondary N) is 2. The topological polar surface area (TPSA) is 62.3 Å². The highest BCUT2D eigenvalue weighted by atomic mass is 16.5. The van der Waals surface area contributed by atoms with Gasteiger partial charge in [0.25, 0.3) is 0 Å². The molecule has 6 heteroatoms. The van der Waals surface area contributed by atoms with Crippen molar-refractivity contribution in [3.8, 4) is 5.75 Å². The summed E-state index contributed by atoms with van der Waals surface area (Å²) in [5, 5.41) is 6.53. The molecule has 0 radical (unpaired) electrons. The Bertz CT molecular complexity index is 422. The van der Waals surface area contributed by atoms with E-state index in [4.69, 9.17) is 4.74 Å². The van der Waals surface area contributed by atoms with Gasteiger partial charge < -0.3 is 15.4 Å². The van der Waals surface area contributed by atoms with Crippen molar-refractivity contribution in [1.29, 1.82) is 0 Å². The molecule has 0 aliphatic heterocycles. The first-order chi connectivity index (χ1) is 9.80. The summed E-state index contributed by atoms with van der Waals surface area (Å²) in [6, 6.07) is 0.798. The quantitative estimate of drug-likeness (QED) is 0.719. The van der Waals surface area contributed by atoms with Gasteiger partial charge in [-0.3, -0.25) is 4.90 Å². The van der Waals surface area contributed by atoms with Crippen LogP contribution in [0.4, 0.5) is 11.6 Å². The molecule has 1 aliphatic carbocycles. The van der Waals surface area contributed by atoms with Crippen molar-refractivity contribution in [2.75, 3.05) is 43.9 Å². The van der Waals surface area contributed by atoms with E-state index in [0.717, 1.165) is 43.9 Å². The van der Waals surface area contributed by atoms with Crippen LogP contribution in [0.5, 0.6) is 5.75 Å². The van der Waals surface area contributed by atoms with Gasteiger partial charge in [-0.2, -0.15) is 0 Å². The lowest BCUT2D eigenvalue weighted by atomic mass is 10.4. The SMILES string of the molecule is CCNc1ncnc(NCCN(CC)C2CC2)c1OC. The van der Waals surface area contributed by atoms with E-state index in [-0.39, 0.29) is 0 Å². The van der Waals surface area contributed by atoms with Gasteiger partial charge in [0.2, 0.25) is 5.75 Å². The Hall–Kier alpha value is -1.56. The van der Waals surface area contributed by atoms with E-state index in [2.05, 4.69) is 32.4 Å². The second-order valence-corrected chi connectivity index (χ2v) is 4.92. The van der Waals surface area contributed by atoms with E-state index < -0.39 is 0 Å². The van der Waals surface area contributed by atoms with Crippen LogP contribution >= 0.6 is 0 Å². The summed E-state index contributed by atoms with van der Waals surface area (Å²) in [5.41, 5.74) is 0. The highest BCUT2D eigenvalue weighted by molar-refractivity contribution is 5.63. The van der Waals surface area contributed by atoms with Gasteiger partial charge in [-0.05, 0) is 26.3 Å². The highest BCUT2D eigenvalue weighted by Crippen LogP contribution is 2.29. The van der Waals surface area contributed by atoms with E-state index in [0.29, 0.717) is 5.75 Å². The van der Waals surface area contributed by atoms with E-state index in [1.807, 2.05) is 6.92 Å². The fourth-order valence-electron chi connectivity index (χ4n) is 2.34. The molecule has 0 bridgehead atoms. The summed E-state index contributed by atoms with van der Waals surface area (Å²) < 4.78 is 5.41. The first-order valence-electron chi connectivity index (χ1n) is 7.40. The number of rotatable bonds is 9. The van der Waals surface area contributed by atoms with E-state index in [1.54, 1.807) is 13.4 Å². The van der Waals surface area contributed by atoms with E-state index >= 15 is 0 Å². The Balaban J connectivity index is 1.92. The van der Waals surface area contributed by atoms with Crippen LogP contribution in [0.1, 0.15) is 26.7 Å². The van der Waals surface area contributed by atoms with Gasteiger partial charge in [-0.15, -0.1) is 0 Å². The zero-order valence-corrected chi connectivity index (χ0v) is 12.6. The summed E-state index contributed by atoms with van der Waals surface area (Å²) in [4.78, 5) is 11.0. The molecule has 1 fully saturated rings. The van der Waals surface area contributed by atoms with Crippen LogP contribution in [0.25, 0.3) is 0 Å². The van der Waals surface area contributed by atoms with Crippen LogP contribution in [0.15, 0.2) is 6.33 Å². The van der Waals surface area contributed by atoms with E-state index in [1.165, 1.54) is 12.8 Å². The molecule has 0 unspecified atom stereocenters. The van der Waals surface area contributed by atoms with Crippen molar-refractivity contribution in [2.24, 2.45) is 0 Å². The van der Waals surface area contributed by atoms with Crippen LogP contribution in [0.2, 0.25) is 0 Å².